The van der Waals surface area contributed by atoms with Crippen molar-refractivity contribution in [2.45, 2.75) is 75.6 Å². The van der Waals surface area contributed by atoms with E-state index in [1.165, 1.54) is 23.8 Å². The molecule has 1 saturated heterocycles. The van der Waals surface area contributed by atoms with Gasteiger partial charge in [-0.1, -0.05) is 31.4 Å². The van der Waals surface area contributed by atoms with Gasteiger partial charge < -0.3 is 37.1 Å². The third-order valence-corrected chi connectivity index (χ3v) is 8.21. The molecule has 15 heteroatoms. The topological polar surface area (TPSA) is 243 Å². The first-order valence-electron chi connectivity index (χ1n) is 14.1. The van der Waals surface area contributed by atoms with Crippen molar-refractivity contribution in [2.75, 3.05) is 13.1 Å². The van der Waals surface area contributed by atoms with Gasteiger partial charge in [-0.3, -0.25) is 29.1 Å². The fourth-order valence-electron chi connectivity index (χ4n) is 5.97. The van der Waals surface area contributed by atoms with Crippen LogP contribution in [0.4, 0.5) is 0 Å². The van der Waals surface area contributed by atoms with Crippen molar-refractivity contribution < 1.29 is 29.1 Å². The minimum atomic E-state index is -1.47. The first kappa shape index (κ1) is 31.4. The van der Waals surface area contributed by atoms with Gasteiger partial charge in [-0.25, -0.2) is 5.84 Å². The van der Waals surface area contributed by atoms with Gasteiger partial charge >= 0.3 is 0 Å². The molecular formula is C28H39N9O6. The number of nitrogens with two attached hydrogens (primary N) is 3. The summed E-state index contributed by atoms with van der Waals surface area (Å²) in [6, 6.07) is 3.29. The Balaban J connectivity index is 1.57. The monoisotopic (exact) mass is 597 g/mol. The summed E-state index contributed by atoms with van der Waals surface area (Å²) in [6.45, 7) is 2.49. The van der Waals surface area contributed by atoms with Crippen molar-refractivity contribution >= 4 is 40.3 Å². The van der Waals surface area contributed by atoms with Crippen molar-refractivity contribution in [1.82, 2.24) is 30.7 Å². The third kappa shape index (κ3) is 6.46. The number of carbonyl (C=O) groups excluding carboxylic acids is 5. The van der Waals surface area contributed by atoms with Crippen LogP contribution in [0.3, 0.4) is 0 Å². The first-order valence-corrected chi connectivity index (χ1v) is 14.1. The van der Waals surface area contributed by atoms with Crippen molar-refractivity contribution in [2.24, 2.45) is 17.3 Å². The number of amides is 4. The van der Waals surface area contributed by atoms with E-state index in [0.717, 1.165) is 18.0 Å². The number of fused-ring (bicyclic) bond motifs is 1. The lowest BCUT2D eigenvalue weighted by Gasteiger charge is -2.37. The number of nitrogens with zero attached hydrogens (tertiary/aromatic N) is 3. The SMILES string of the molecule is CC(C)(O)/C(=C/N)N(N)C1CC(C(=O)NC2(C(=O)C(N)=O)CCCCC2)N(C(=O)CNC(=O)c2cccc3cn[nH]c23)C1. The second-order valence-corrected chi connectivity index (χ2v) is 11.6. The third-order valence-electron chi connectivity index (χ3n) is 8.21. The minimum Gasteiger partial charge on any atom is -0.403 e. The van der Waals surface area contributed by atoms with Crippen LogP contribution in [0, 0.1) is 0 Å². The minimum absolute atomic E-state index is 0.0176. The summed E-state index contributed by atoms with van der Waals surface area (Å²) in [6.07, 6.45) is 5.27. The molecule has 0 spiro atoms. The van der Waals surface area contributed by atoms with Gasteiger partial charge in [0.05, 0.1) is 35.6 Å². The molecule has 4 rings (SSSR count). The van der Waals surface area contributed by atoms with Crippen LogP contribution >= 0.6 is 0 Å². The highest BCUT2D eigenvalue weighted by atomic mass is 16.3. The molecule has 232 valence electrons. The number of hydrogen-bond donors (Lipinski definition) is 7. The van der Waals surface area contributed by atoms with E-state index >= 15 is 0 Å². The number of primary amides is 1. The van der Waals surface area contributed by atoms with E-state index in [0.29, 0.717) is 18.4 Å². The number of aromatic nitrogens is 2. The van der Waals surface area contributed by atoms with Gasteiger partial charge in [0.2, 0.25) is 17.6 Å². The maximum atomic E-state index is 13.8. The molecule has 4 amide bonds. The molecule has 43 heavy (non-hydrogen) atoms. The number of Topliss-reactive ketones (excluding diaryl/α,β-unsaturated/α-hetero) is 1. The van der Waals surface area contributed by atoms with Crippen molar-refractivity contribution in [3.05, 3.63) is 41.9 Å². The highest BCUT2D eigenvalue weighted by Gasteiger charge is 2.48. The Morgan fingerprint density at radius 2 is 1.91 bits per heavy atom. The molecular weight excluding hydrogens is 558 g/mol. The van der Waals surface area contributed by atoms with Crippen LogP contribution in [-0.4, -0.2) is 90.9 Å². The standard InChI is InChI=1S/C28H39N9O6/c1-27(2,43)20(12-29)37(31)17-11-19(26(42)34-28(23(39)24(30)40)9-4-3-5-10-28)36(15-17)21(38)14-32-25(41)18-8-6-7-16-13-33-35-22(16)18/h6-8,12-13,17,19,43H,3-5,9-11,14-15,29,31H2,1-2H3,(H2,30,40)(H,32,41)(H,33,35)(H,34,42)/b20-12-. The number of likely N-dealkylation sites (tertiary alicyclic amines) is 1. The van der Waals surface area contributed by atoms with Crippen molar-refractivity contribution in [1.29, 1.82) is 0 Å². The van der Waals surface area contributed by atoms with Crippen molar-refractivity contribution in [3.63, 3.8) is 0 Å². The fourth-order valence-corrected chi connectivity index (χ4v) is 5.97. The zero-order valence-electron chi connectivity index (χ0n) is 24.3. The maximum absolute atomic E-state index is 13.8. The Hall–Kier alpha value is -4.50. The Morgan fingerprint density at radius 3 is 2.53 bits per heavy atom. The zero-order chi connectivity index (χ0) is 31.5. The average molecular weight is 598 g/mol. The number of aromatic amines is 1. The molecule has 10 N–H and O–H groups in total. The predicted molar refractivity (Wildman–Crippen MR) is 155 cm³/mol. The lowest BCUT2D eigenvalue weighted by Crippen LogP contribution is -2.62. The van der Waals surface area contributed by atoms with E-state index in [1.54, 1.807) is 24.4 Å². The summed E-state index contributed by atoms with van der Waals surface area (Å²) in [4.78, 5) is 66.4. The lowest BCUT2D eigenvalue weighted by atomic mass is 9.78. The second kappa shape index (κ2) is 12.4. The Kier molecular flexibility index (Phi) is 9.06. The number of nitrogens with one attached hydrogen (secondary N) is 3. The highest BCUT2D eigenvalue weighted by molar-refractivity contribution is 6.39. The van der Waals surface area contributed by atoms with Gasteiger partial charge in [-0.2, -0.15) is 5.10 Å². The molecule has 1 saturated carbocycles. The van der Waals surface area contributed by atoms with Crippen LogP contribution in [0.5, 0.6) is 0 Å². The van der Waals surface area contributed by atoms with Crippen LogP contribution in [0.2, 0.25) is 0 Å². The number of rotatable bonds is 10. The molecule has 2 heterocycles. The van der Waals surface area contributed by atoms with E-state index < -0.39 is 59.2 Å². The van der Waals surface area contributed by atoms with E-state index in [1.807, 2.05) is 0 Å². The van der Waals surface area contributed by atoms with E-state index in [9.17, 15) is 29.1 Å². The number of H-pyrrole nitrogens is 1. The van der Waals surface area contributed by atoms with Gasteiger partial charge in [0.15, 0.2) is 0 Å². The molecule has 2 fully saturated rings. The fraction of sp³-hybridized carbons (Fsp3) is 0.500. The van der Waals surface area contributed by atoms with Gasteiger partial charge in [0.25, 0.3) is 11.8 Å². The van der Waals surface area contributed by atoms with Crippen LogP contribution in [-0.2, 0) is 19.2 Å². The molecule has 2 unspecified atom stereocenters. The van der Waals surface area contributed by atoms with Gasteiger partial charge in [0, 0.05) is 24.6 Å². The Labute approximate surface area is 248 Å². The van der Waals surface area contributed by atoms with E-state index in [4.69, 9.17) is 17.3 Å². The molecule has 15 nitrogen and oxygen atoms in total. The number of hydrogen-bond acceptors (Lipinski definition) is 10. The zero-order valence-corrected chi connectivity index (χ0v) is 24.3. The summed E-state index contributed by atoms with van der Waals surface area (Å²) < 4.78 is 0. The first-order chi connectivity index (χ1) is 20.3. The lowest BCUT2D eigenvalue weighted by molar-refractivity contribution is -0.145. The molecule has 2 aromatic rings. The molecule has 0 radical (unpaired) electrons. The summed E-state index contributed by atoms with van der Waals surface area (Å²) in [5.41, 5.74) is 9.15. The molecule has 1 aliphatic carbocycles. The normalized spacial score (nSPS) is 20.5. The maximum Gasteiger partial charge on any atom is 0.287 e. The van der Waals surface area contributed by atoms with Crippen molar-refractivity contribution in [3.8, 4) is 0 Å². The van der Waals surface area contributed by atoms with Crippen LogP contribution in [0.15, 0.2) is 36.3 Å². The number of ketones is 1. The highest BCUT2D eigenvalue weighted by Crippen LogP contribution is 2.32. The van der Waals surface area contributed by atoms with Gasteiger partial charge in [-0.15, -0.1) is 0 Å². The summed E-state index contributed by atoms with van der Waals surface area (Å²) in [7, 11) is 0. The van der Waals surface area contributed by atoms with Gasteiger partial charge in [0.1, 0.15) is 17.2 Å². The second-order valence-electron chi connectivity index (χ2n) is 11.6. The number of para-hydroxylation sites is 1. The number of benzene rings is 1. The van der Waals surface area contributed by atoms with Crippen LogP contribution < -0.4 is 27.9 Å². The molecule has 1 aliphatic heterocycles. The smallest absolute Gasteiger partial charge is 0.287 e. The van der Waals surface area contributed by atoms with Crippen LogP contribution in [0.25, 0.3) is 10.9 Å². The molecule has 2 aliphatic rings. The van der Waals surface area contributed by atoms with Crippen LogP contribution in [0.1, 0.15) is 62.7 Å². The summed E-state index contributed by atoms with van der Waals surface area (Å²) in [5.74, 6) is 2.55. The Bertz CT molecular complexity index is 1440. The predicted octanol–water partition coefficient (Wildman–Crippen LogP) is -1.12. The number of carbonyl (C=O) groups is 5. The molecule has 1 aromatic carbocycles. The Morgan fingerprint density at radius 1 is 1.21 bits per heavy atom. The largest absolute Gasteiger partial charge is 0.403 e. The number of hydrazine groups is 1. The summed E-state index contributed by atoms with van der Waals surface area (Å²) in [5, 5.41) is 24.6. The summed E-state index contributed by atoms with van der Waals surface area (Å²) >= 11 is 0. The van der Waals surface area contributed by atoms with Gasteiger partial charge in [-0.05, 0) is 32.8 Å². The quantitative estimate of drug-likeness (QED) is 0.0988. The molecule has 2 atom stereocenters. The van der Waals surface area contributed by atoms with E-state index in [-0.39, 0.29) is 37.1 Å². The number of aliphatic hydroxyl groups is 1. The average Bonchev–Trinajstić information content (AvgIpc) is 3.63. The van der Waals surface area contributed by atoms with E-state index in [2.05, 4.69) is 20.8 Å². The molecule has 1 aromatic heterocycles. The molecule has 0 bridgehead atoms.